The van der Waals surface area contributed by atoms with Gasteiger partial charge in [-0.15, -0.1) is 0 Å². The predicted molar refractivity (Wildman–Crippen MR) is 334 cm³/mol. The van der Waals surface area contributed by atoms with Crippen LogP contribution in [-0.4, -0.2) is 13.2 Å². The molecule has 0 saturated carbocycles. The van der Waals surface area contributed by atoms with Gasteiger partial charge in [0, 0.05) is 33.3 Å². The van der Waals surface area contributed by atoms with Gasteiger partial charge in [0.1, 0.15) is 23.1 Å². The van der Waals surface area contributed by atoms with E-state index in [9.17, 15) is 0 Å². The van der Waals surface area contributed by atoms with Gasteiger partial charge in [0.15, 0.2) is 0 Å². The number of hydrogen-bond acceptors (Lipinski definition) is 3. The normalized spacial score (nSPS) is 16.5. The standard InChI is InChI=1S/C77H65F2NO2/c1-5-52-23-38-61(39-24-52)81-47-15-13-45-76(54-27-31-56(78)32-28-54)70-21-11-8-18-64(70)67-43-36-59(50-73(67)76)80(58-35-42-66-63-17-7-10-20-69(63)75(3,4)72(66)49-58)60-37-44-68-65-19-9-12-22-71(65)77(74(68)51-60,55-29-33-57(79)34-30-55)46-14-16-48-82-62-40-25-53(6-2)26-41-62/h5-12,17-44,49-51H,1-2,13-16,45-48H2,3-4H3. The fraction of sp³-hybridized carbons (Fsp3) is 0.169. The van der Waals surface area contributed by atoms with Crippen molar-refractivity contribution in [3.8, 4) is 44.9 Å². The van der Waals surface area contributed by atoms with Gasteiger partial charge in [-0.25, -0.2) is 8.78 Å². The number of hydrogen-bond donors (Lipinski definition) is 0. The maximum atomic E-state index is 15.1. The average Bonchev–Trinajstić information content (AvgIpc) is 2.58. The Morgan fingerprint density at radius 3 is 1.15 bits per heavy atom. The number of unbranched alkanes of at least 4 members (excludes halogenated alkanes) is 2. The van der Waals surface area contributed by atoms with Crippen molar-refractivity contribution in [3.05, 3.63) is 305 Å². The van der Waals surface area contributed by atoms with Crippen LogP contribution in [0.25, 0.3) is 45.5 Å². The summed E-state index contributed by atoms with van der Waals surface area (Å²) in [5.41, 5.74) is 20.4. The number of ether oxygens (including phenoxy) is 2. The van der Waals surface area contributed by atoms with E-state index in [-0.39, 0.29) is 17.0 Å². The zero-order valence-electron chi connectivity index (χ0n) is 46.6. The molecular weight excluding hydrogens is 1010 g/mol. The van der Waals surface area contributed by atoms with Crippen molar-refractivity contribution in [1.29, 1.82) is 0 Å². The van der Waals surface area contributed by atoms with Crippen molar-refractivity contribution in [3.63, 3.8) is 0 Å². The molecule has 0 spiro atoms. The van der Waals surface area contributed by atoms with E-state index < -0.39 is 10.8 Å². The van der Waals surface area contributed by atoms with E-state index in [1.807, 2.05) is 84.9 Å². The second kappa shape index (κ2) is 21.4. The summed E-state index contributed by atoms with van der Waals surface area (Å²) in [6, 6.07) is 77.9. The molecule has 0 radical (unpaired) electrons. The van der Waals surface area contributed by atoms with Gasteiger partial charge in [-0.3, -0.25) is 0 Å². The Hall–Kier alpha value is -9.06. The van der Waals surface area contributed by atoms with E-state index in [1.54, 1.807) is 24.3 Å². The first-order valence-corrected chi connectivity index (χ1v) is 28.9. The summed E-state index contributed by atoms with van der Waals surface area (Å²) in [5, 5.41) is 0. The lowest BCUT2D eigenvalue weighted by molar-refractivity contribution is 0.301. The molecule has 3 aliphatic rings. The highest BCUT2D eigenvalue weighted by Gasteiger charge is 2.47. The highest BCUT2D eigenvalue weighted by Crippen LogP contribution is 2.59. The zero-order valence-corrected chi connectivity index (χ0v) is 46.6. The Bertz CT molecular complexity index is 3820. The van der Waals surface area contributed by atoms with Crippen molar-refractivity contribution in [2.45, 2.75) is 68.6 Å². The van der Waals surface area contributed by atoms with Crippen LogP contribution in [0.5, 0.6) is 11.5 Å². The maximum Gasteiger partial charge on any atom is 0.123 e. The van der Waals surface area contributed by atoms with Crippen LogP contribution in [-0.2, 0) is 16.2 Å². The quantitative estimate of drug-likeness (QED) is 0.0753. The smallest absolute Gasteiger partial charge is 0.123 e. The number of nitrogens with zero attached hydrogens (tertiary/aromatic N) is 1. The molecule has 0 N–H and O–H groups in total. The lowest BCUT2D eigenvalue weighted by atomic mass is 9.69. The Kier molecular flexibility index (Phi) is 13.7. The lowest BCUT2D eigenvalue weighted by Gasteiger charge is -2.36. The molecule has 2 atom stereocenters. The van der Waals surface area contributed by atoms with Gasteiger partial charge in [-0.1, -0.05) is 179 Å². The second-order valence-corrected chi connectivity index (χ2v) is 22.8. The predicted octanol–water partition coefficient (Wildman–Crippen LogP) is 20.2. The van der Waals surface area contributed by atoms with E-state index in [2.05, 4.69) is 159 Å². The fourth-order valence-corrected chi connectivity index (χ4v) is 14.0. The molecule has 10 aromatic rings. The summed E-state index contributed by atoms with van der Waals surface area (Å²) in [4.78, 5) is 2.45. The van der Waals surface area contributed by atoms with Crippen LogP contribution in [0.4, 0.5) is 25.8 Å². The number of halogens is 2. The monoisotopic (exact) mass is 1070 g/mol. The highest BCUT2D eigenvalue weighted by molar-refractivity contribution is 5.92. The van der Waals surface area contributed by atoms with Gasteiger partial charge >= 0.3 is 0 Å². The average molecular weight is 1070 g/mol. The number of fused-ring (bicyclic) bond motifs is 9. The molecule has 3 aliphatic carbocycles. The van der Waals surface area contributed by atoms with Crippen molar-refractivity contribution < 1.29 is 18.3 Å². The van der Waals surface area contributed by atoms with E-state index in [0.717, 1.165) is 89.3 Å². The van der Waals surface area contributed by atoms with Crippen LogP contribution in [0.2, 0.25) is 0 Å². The van der Waals surface area contributed by atoms with Crippen LogP contribution in [0, 0.1) is 11.6 Å². The molecular formula is C77H65F2NO2. The Morgan fingerprint density at radius 2 is 0.732 bits per heavy atom. The van der Waals surface area contributed by atoms with Gasteiger partial charge in [-0.2, -0.15) is 0 Å². The highest BCUT2D eigenvalue weighted by atomic mass is 19.1. The summed E-state index contributed by atoms with van der Waals surface area (Å²) < 4.78 is 42.9. The van der Waals surface area contributed by atoms with E-state index in [1.165, 1.54) is 66.8 Å². The van der Waals surface area contributed by atoms with Gasteiger partial charge in [0.05, 0.1) is 13.2 Å². The molecule has 0 aliphatic heterocycles. The Balaban J connectivity index is 0.956. The Labute approximate surface area is 481 Å². The maximum absolute atomic E-state index is 15.1. The molecule has 404 valence electrons. The molecule has 0 fully saturated rings. The topological polar surface area (TPSA) is 21.7 Å². The lowest BCUT2D eigenvalue weighted by Crippen LogP contribution is -2.28. The SMILES string of the molecule is C=Cc1ccc(OCCCCC2(c3ccc(F)cc3)c3ccccc3-c3ccc(N(c4ccc5c(c4)C(C)(C)c4ccccc4-5)c4ccc5c(c4)C(CCCCOc4ccc(C=C)cc4)(c4ccc(F)cc4)c4ccccc4-5)cc32)cc1. The minimum absolute atomic E-state index is 0.250. The van der Waals surface area contributed by atoms with Crippen LogP contribution in [0.15, 0.2) is 238 Å². The van der Waals surface area contributed by atoms with E-state index >= 15 is 8.78 Å². The van der Waals surface area contributed by atoms with Gasteiger partial charge in [0.25, 0.3) is 0 Å². The zero-order chi connectivity index (χ0) is 56.0. The van der Waals surface area contributed by atoms with Crippen molar-refractivity contribution in [2.24, 2.45) is 0 Å². The second-order valence-electron chi connectivity index (χ2n) is 22.8. The first-order valence-electron chi connectivity index (χ1n) is 28.9. The molecule has 0 heterocycles. The summed E-state index contributed by atoms with van der Waals surface area (Å²) in [6.45, 7) is 13.6. The molecule has 0 amide bonds. The molecule has 0 saturated heterocycles. The molecule has 13 rings (SSSR count). The van der Waals surface area contributed by atoms with Crippen LogP contribution >= 0.6 is 0 Å². The summed E-state index contributed by atoms with van der Waals surface area (Å²) in [7, 11) is 0. The molecule has 3 nitrogen and oxygen atoms in total. The minimum atomic E-state index is -0.607. The third-order valence-electron chi connectivity index (χ3n) is 18.0. The summed E-state index contributed by atoms with van der Waals surface area (Å²) in [6.07, 6.45) is 8.60. The summed E-state index contributed by atoms with van der Waals surface area (Å²) >= 11 is 0. The van der Waals surface area contributed by atoms with Crippen molar-refractivity contribution in [2.75, 3.05) is 18.1 Å². The first-order chi connectivity index (χ1) is 40.1. The first kappa shape index (κ1) is 52.3. The molecule has 0 aromatic heterocycles. The third kappa shape index (κ3) is 8.95. The Morgan fingerprint density at radius 1 is 0.378 bits per heavy atom. The van der Waals surface area contributed by atoms with Crippen molar-refractivity contribution >= 4 is 29.2 Å². The van der Waals surface area contributed by atoms with Crippen molar-refractivity contribution in [1.82, 2.24) is 0 Å². The van der Waals surface area contributed by atoms with Gasteiger partial charge in [-0.05, 0) is 212 Å². The van der Waals surface area contributed by atoms with E-state index in [0.29, 0.717) is 13.2 Å². The third-order valence-corrected chi connectivity index (χ3v) is 18.0. The number of benzene rings is 10. The van der Waals surface area contributed by atoms with E-state index in [4.69, 9.17) is 9.47 Å². The largest absolute Gasteiger partial charge is 0.494 e. The molecule has 10 aromatic carbocycles. The van der Waals surface area contributed by atoms with Gasteiger partial charge in [0.2, 0.25) is 0 Å². The van der Waals surface area contributed by atoms with Crippen LogP contribution in [0.3, 0.4) is 0 Å². The minimum Gasteiger partial charge on any atom is -0.494 e. The molecule has 5 heteroatoms. The van der Waals surface area contributed by atoms with Gasteiger partial charge < -0.3 is 14.4 Å². The molecule has 0 bridgehead atoms. The molecule has 82 heavy (non-hydrogen) atoms. The fourth-order valence-electron chi connectivity index (χ4n) is 14.0. The number of anilines is 3. The van der Waals surface area contributed by atoms with Crippen LogP contribution < -0.4 is 14.4 Å². The summed E-state index contributed by atoms with van der Waals surface area (Å²) in [5.74, 6) is 1.14. The number of rotatable bonds is 19. The van der Waals surface area contributed by atoms with Crippen LogP contribution in [0.1, 0.15) is 108 Å². The molecule has 2 unspecified atom stereocenters.